The van der Waals surface area contributed by atoms with Gasteiger partial charge in [-0.3, -0.25) is 11.3 Å². The van der Waals surface area contributed by atoms with Crippen LogP contribution in [-0.2, 0) is 6.42 Å². The first-order valence-electron chi connectivity index (χ1n) is 6.27. The minimum absolute atomic E-state index is 0.230. The fraction of sp³-hybridized carbons (Fsp3) is 0.333. The molecule has 96 valence electrons. The van der Waals surface area contributed by atoms with Crippen molar-refractivity contribution >= 4 is 11.3 Å². The second kappa shape index (κ2) is 6.14. The van der Waals surface area contributed by atoms with Crippen LogP contribution in [0, 0.1) is 13.8 Å². The molecule has 3 N–H and O–H groups in total. The minimum atomic E-state index is 0.230. The second-order valence-electron chi connectivity index (χ2n) is 4.64. The number of hydrazine groups is 1. The maximum atomic E-state index is 5.74. The zero-order chi connectivity index (χ0) is 13.0. The van der Waals surface area contributed by atoms with Crippen LogP contribution in [0.5, 0.6) is 0 Å². The lowest BCUT2D eigenvalue weighted by molar-refractivity contribution is 0.513. The fourth-order valence-corrected chi connectivity index (χ4v) is 3.15. The Bertz CT molecular complexity index is 471. The molecule has 0 aliphatic heterocycles. The van der Waals surface area contributed by atoms with E-state index in [-0.39, 0.29) is 6.04 Å². The summed E-state index contributed by atoms with van der Waals surface area (Å²) in [5.41, 5.74) is 6.93. The molecule has 2 nitrogen and oxygen atoms in total. The van der Waals surface area contributed by atoms with Crippen LogP contribution in [0.4, 0.5) is 0 Å². The summed E-state index contributed by atoms with van der Waals surface area (Å²) in [6.07, 6.45) is 2.10. The molecule has 1 heterocycles. The lowest BCUT2D eigenvalue weighted by Gasteiger charge is -2.20. The smallest absolute Gasteiger partial charge is 0.0468 e. The zero-order valence-corrected chi connectivity index (χ0v) is 11.8. The van der Waals surface area contributed by atoms with E-state index in [0.717, 1.165) is 12.8 Å². The first kappa shape index (κ1) is 13.3. The molecule has 0 fully saturated rings. The normalized spacial score (nSPS) is 12.6. The predicted molar refractivity (Wildman–Crippen MR) is 78.6 cm³/mol. The molecule has 1 aromatic heterocycles. The van der Waals surface area contributed by atoms with Crippen molar-refractivity contribution in [2.75, 3.05) is 0 Å². The van der Waals surface area contributed by atoms with E-state index in [1.165, 1.54) is 21.6 Å². The lowest BCUT2D eigenvalue weighted by Crippen LogP contribution is -2.29. The molecular weight excluding hydrogens is 240 g/mol. The molecule has 18 heavy (non-hydrogen) atoms. The van der Waals surface area contributed by atoms with Crippen LogP contribution in [-0.4, -0.2) is 0 Å². The van der Waals surface area contributed by atoms with Crippen LogP contribution in [0.2, 0.25) is 0 Å². The van der Waals surface area contributed by atoms with Crippen molar-refractivity contribution in [1.29, 1.82) is 0 Å². The summed E-state index contributed by atoms with van der Waals surface area (Å²) in [5, 5.41) is 2.12. The van der Waals surface area contributed by atoms with Crippen molar-refractivity contribution < 1.29 is 0 Å². The van der Waals surface area contributed by atoms with E-state index >= 15 is 0 Å². The average molecular weight is 260 g/mol. The number of rotatable bonds is 5. The van der Waals surface area contributed by atoms with Gasteiger partial charge in [-0.25, -0.2) is 0 Å². The van der Waals surface area contributed by atoms with Crippen molar-refractivity contribution in [1.82, 2.24) is 5.43 Å². The highest BCUT2D eigenvalue weighted by atomic mass is 32.1. The molecule has 0 spiro atoms. The molecule has 0 saturated carbocycles. The van der Waals surface area contributed by atoms with Crippen molar-refractivity contribution in [2.24, 2.45) is 5.84 Å². The van der Waals surface area contributed by atoms with Gasteiger partial charge in [0.2, 0.25) is 0 Å². The van der Waals surface area contributed by atoms with Crippen LogP contribution in [0.3, 0.4) is 0 Å². The maximum Gasteiger partial charge on any atom is 0.0468 e. The summed E-state index contributed by atoms with van der Waals surface area (Å²) >= 11 is 1.81. The number of benzene rings is 1. The molecule has 0 aliphatic rings. The van der Waals surface area contributed by atoms with E-state index in [1.54, 1.807) is 0 Å². The van der Waals surface area contributed by atoms with Gasteiger partial charge in [0, 0.05) is 10.9 Å². The lowest BCUT2D eigenvalue weighted by atomic mass is 9.93. The highest BCUT2D eigenvalue weighted by Crippen LogP contribution is 2.26. The predicted octanol–water partition coefficient (Wildman–Crippen LogP) is 3.50. The van der Waals surface area contributed by atoms with E-state index in [0.29, 0.717) is 0 Å². The number of hydrogen-bond acceptors (Lipinski definition) is 3. The molecule has 1 aromatic carbocycles. The molecule has 0 bridgehead atoms. The van der Waals surface area contributed by atoms with Gasteiger partial charge in [0.05, 0.1) is 0 Å². The van der Waals surface area contributed by atoms with Crippen molar-refractivity contribution in [3.8, 4) is 0 Å². The fourth-order valence-electron chi connectivity index (χ4n) is 2.43. The van der Waals surface area contributed by atoms with Gasteiger partial charge in [0.25, 0.3) is 0 Å². The molecule has 2 rings (SSSR count). The molecule has 1 atom stereocenters. The first-order chi connectivity index (χ1) is 8.72. The molecule has 1 unspecified atom stereocenters. The Balaban J connectivity index is 2.13. The van der Waals surface area contributed by atoms with Gasteiger partial charge < -0.3 is 0 Å². The highest BCUT2D eigenvalue weighted by Gasteiger charge is 2.14. The molecule has 0 radical (unpaired) electrons. The summed E-state index contributed by atoms with van der Waals surface area (Å²) in [4.78, 5) is 1.42. The third-order valence-corrected chi connectivity index (χ3v) is 4.29. The Hall–Kier alpha value is -1.16. The SMILES string of the molecule is Cc1cccc(C)c1C(CCc1cccs1)NN. The Labute approximate surface area is 113 Å². The van der Waals surface area contributed by atoms with Crippen LogP contribution >= 0.6 is 11.3 Å². The Morgan fingerprint density at radius 1 is 1.17 bits per heavy atom. The molecule has 3 heteroatoms. The van der Waals surface area contributed by atoms with Crippen molar-refractivity contribution in [3.05, 3.63) is 57.3 Å². The maximum absolute atomic E-state index is 5.74. The number of hydrogen-bond donors (Lipinski definition) is 2. The Morgan fingerprint density at radius 2 is 1.89 bits per heavy atom. The van der Waals surface area contributed by atoms with E-state index < -0.39 is 0 Å². The molecule has 0 saturated heterocycles. The highest BCUT2D eigenvalue weighted by molar-refractivity contribution is 7.09. The number of nitrogens with one attached hydrogen (secondary N) is 1. The van der Waals surface area contributed by atoms with E-state index in [4.69, 9.17) is 5.84 Å². The van der Waals surface area contributed by atoms with Gasteiger partial charge in [-0.15, -0.1) is 11.3 Å². The topological polar surface area (TPSA) is 38.0 Å². The number of thiophene rings is 1. The van der Waals surface area contributed by atoms with Gasteiger partial charge in [-0.05, 0) is 54.8 Å². The summed E-state index contributed by atoms with van der Waals surface area (Å²) in [5.74, 6) is 5.74. The van der Waals surface area contributed by atoms with Gasteiger partial charge in [0.1, 0.15) is 0 Å². The van der Waals surface area contributed by atoms with Crippen LogP contribution < -0.4 is 11.3 Å². The van der Waals surface area contributed by atoms with Gasteiger partial charge in [0.15, 0.2) is 0 Å². The Kier molecular flexibility index (Phi) is 4.53. The zero-order valence-electron chi connectivity index (χ0n) is 10.9. The van der Waals surface area contributed by atoms with Crippen LogP contribution in [0.1, 0.15) is 34.0 Å². The summed E-state index contributed by atoms with van der Waals surface area (Å²) in [6, 6.07) is 10.9. The number of aryl methyl sites for hydroxylation is 3. The second-order valence-corrected chi connectivity index (χ2v) is 5.68. The molecule has 2 aromatic rings. The van der Waals surface area contributed by atoms with Gasteiger partial charge >= 0.3 is 0 Å². The minimum Gasteiger partial charge on any atom is -0.271 e. The Morgan fingerprint density at radius 3 is 2.44 bits per heavy atom. The average Bonchev–Trinajstić information content (AvgIpc) is 2.86. The molecule has 0 amide bonds. The largest absolute Gasteiger partial charge is 0.271 e. The van der Waals surface area contributed by atoms with E-state index in [1.807, 2.05) is 11.3 Å². The first-order valence-corrected chi connectivity index (χ1v) is 7.15. The van der Waals surface area contributed by atoms with Crippen molar-refractivity contribution in [3.63, 3.8) is 0 Å². The van der Waals surface area contributed by atoms with Gasteiger partial charge in [-0.1, -0.05) is 24.3 Å². The third kappa shape index (κ3) is 2.99. The van der Waals surface area contributed by atoms with Crippen LogP contribution in [0.15, 0.2) is 35.7 Å². The number of nitrogens with two attached hydrogens (primary N) is 1. The van der Waals surface area contributed by atoms with Crippen molar-refractivity contribution in [2.45, 2.75) is 32.7 Å². The van der Waals surface area contributed by atoms with Gasteiger partial charge in [-0.2, -0.15) is 0 Å². The summed E-state index contributed by atoms with van der Waals surface area (Å²) < 4.78 is 0. The van der Waals surface area contributed by atoms with Crippen LogP contribution in [0.25, 0.3) is 0 Å². The molecular formula is C15H20N2S. The summed E-state index contributed by atoms with van der Waals surface area (Å²) in [7, 11) is 0. The standard InChI is InChI=1S/C15H20N2S/c1-11-5-3-6-12(2)15(11)14(17-16)9-8-13-7-4-10-18-13/h3-7,10,14,17H,8-9,16H2,1-2H3. The molecule has 0 aliphatic carbocycles. The summed E-state index contributed by atoms with van der Waals surface area (Å²) in [6.45, 7) is 4.30. The van der Waals surface area contributed by atoms with E-state index in [9.17, 15) is 0 Å². The van der Waals surface area contributed by atoms with E-state index in [2.05, 4.69) is 55.0 Å². The monoisotopic (exact) mass is 260 g/mol. The quantitative estimate of drug-likeness (QED) is 0.638. The third-order valence-electron chi connectivity index (χ3n) is 3.35.